The molecule has 46 heavy (non-hydrogen) atoms. The lowest BCUT2D eigenvalue weighted by molar-refractivity contribution is -0.386. The van der Waals surface area contributed by atoms with Gasteiger partial charge in [0.15, 0.2) is 5.75 Å². The molecule has 0 radical (unpaired) electrons. The number of rotatable bonds is 15. The van der Waals surface area contributed by atoms with Gasteiger partial charge in [-0.25, -0.2) is 0 Å². The Morgan fingerprint density at radius 2 is 1.57 bits per heavy atom. The van der Waals surface area contributed by atoms with Gasteiger partial charge in [0.05, 0.1) is 17.4 Å². The summed E-state index contributed by atoms with van der Waals surface area (Å²) in [4.78, 5) is 30.2. The molecule has 234 valence electrons. The van der Waals surface area contributed by atoms with Crippen molar-refractivity contribution in [3.8, 4) is 5.75 Å². The highest BCUT2D eigenvalue weighted by molar-refractivity contribution is 5.92. The average Bonchev–Trinajstić information content (AvgIpc) is 3.08. The third-order valence-electron chi connectivity index (χ3n) is 7.50. The number of aromatic nitrogens is 1. The summed E-state index contributed by atoms with van der Waals surface area (Å²) >= 11 is 0. The van der Waals surface area contributed by atoms with E-state index in [1.165, 1.54) is 6.07 Å². The molecule has 1 heterocycles. The number of nitrogens with zero attached hydrogens (tertiary/aromatic N) is 3. The molecule has 2 N–H and O–H groups in total. The van der Waals surface area contributed by atoms with Gasteiger partial charge in [-0.1, -0.05) is 84.9 Å². The molecule has 0 saturated heterocycles. The first-order chi connectivity index (χ1) is 22.4. The number of hydrogen-bond acceptors (Lipinski definition) is 7. The Hall–Kier alpha value is -5.38. The van der Waals surface area contributed by atoms with Crippen LogP contribution < -0.4 is 10.1 Å². The first kappa shape index (κ1) is 32.0. The van der Waals surface area contributed by atoms with E-state index in [4.69, 9.17) is 4.74 Å². The van der Waals surface area contributed by atoms with E-state index in [1.807, 2.05) is 103 Å². The van der Waals surface area contributed by atoms with E-state index >= 15 is 0 Å². The van der Waals surface area contributed by atoms with Crippen molar-refractivity contribution in [2.24, 2.45) is 0 Å². The molecule has 9 nitrogen and oxygen atoms in total. The summed E-state index contributed by atoms with van der Waals surface area (Å²) in [5, 5.41) is 26.1. The molecule has 0 aliphatic carbocycles. The highest BCUT2D eigenvalue weighted by atomic mass is 16.6. The Morgan fingerprint density at radius 1 is 0.870 bits per heavy atom. The second-order valence-electron chi connectivity index (χ2n) is 11.0. The van der Waals surface area contributed by atoms with Crippen LogP contribution in [-0.2, 0) is 30.8 Å². The smallest absolute Gasteiger partial charge is 0.311 e. The van der Waals surface area contributed by atoms with Crippen LogP contribution >= 0.6 is 0 Å². The van der Waals surface area contributed by atoms with Gasteiger partial charge in [0.1, 0.15) is 6.61 Å². The van der Waals surface area contributed by atoms with Crippen LogP contribution in [-0.4, -0.2) is 38.9 Å². The minimum Gasteiger partial charge on any atom is -0.482 e. The van der Waals surface area contributed by atoms with Crippen molar-refractivity contribution in [2.45, 2.75) is 32.1 Å². The third-order valence-corrected chi connectivity index (χ3v) is 7.50. The normalized spacial score (nSPS) is 11.6. The van der Waals surface area contributed by atoms with Crippen LogP contribution in [0, 0.1) is 10.1 Å². The van der Waals surface area contributed by atoms with Crippen LogP contribution in [0.2, 0.25) is 0 Å². The molecule has 0 spiro atoms. The van der Waals surface area contributed by atoms with E-state index in [2.05, 4.69) is 15.2 Å². The number of carbonyl (C=O) groups is 1. The molecule has 1 aromatic heterocycles. The lowest BCUT2D eigenvalue weighted by Gasteiger charge is -2.25. The molecule has 1 atom stereocenters. The number of carbonyl (C=O) groups excluding carboxylic acids is 1. The van der Waals surface area contributed by atoms with Gasteiger partial charge in [-0.05, 0) is 59.0 Å². The molecular formula is C37H36N4O5. The molecule has 9 heteroatoms. The van der Waals surface area contributed by atoms with E-state index in [1.54, 1.807) is 18.3 Å². The largest absolute Gasteiger partial charge is 0.482 e. The molecule has 1 amide bonds. The van der Waals surface area contributed by atoms with Gasteiger partial charge in [-0.15, -0.1) is 0 Å². The summed E-state index contributed by atoms with van der Waals surface area (Å²) in [5.74, 6) is 0.0211. The zero-order chi connectivity index (χ0) is 32.1. The van der Waals surface area contributed by atoms with Crippen molar-refractivity contribution >= 4 is 17.3 Å². The van der Waals surface area contributed by atoms with Crippen molar-refractivity contribution in [3.05, 3.63) is 166 Å². The Bertz CT molecular complexity index is 1700. The van der Waals surface area contributed by atoms with E-state index in [9.17, 15) is 20.0 Å². The first-order valence-electron chi connectivity index (χ1n) is 15.1. The van der Waals surface area contributed by atoms with Gasteiger partial charge < -0.3 is 15.2 Å². The van der Waals surface area contributed by atoms with Crippen molar-refractivity contribution < 1.29 is 19.6 Å². The number of anilines is 1. The first-order valence-corrected chi connectivity index (χ1v) is 15.1. The average molecular weight is 617 g/mol. The molecule has 1 unspecified atom stereocenters. The molecule has 0 aliphatic rings. The van der Waals surface area contributed by atoms with E-state index < -0.39 is 11.0 Å². The molecule has 0 saturated carbocycles. The summed E-state index contributed by atoms with van der Waals surface area (Å²) in [6, 6.07) is 37.2. The fourth-order valence-electron chi connectivity index (χ4n) is 5.08. The van der Waals surface area contributed by atoms with Crippen molar-refractivity contribution in [1.82, 2.24) is 9.88 Å². The van der Waals surface area contributed by atoms with Crippen LogP contribution in [0.1, 0.15) is 34.1 Å². The summed E-state index contributed by atoms with van der Waals surface area (Å²) in [7, 11) is 0. The fourth-order valence-corrected chi connectivity index (χ4v) is 5.08. The standard InChI is InChI=1S/C37H36N4O5/c42-35(31-16-19-36(34(23-31)41(44)45)46-27-30-11-5-2-6-12-30)26-40(25-29-9-3-1-4-10-29)22-20-28-14-17-32(18-15-28)39-37(43)24-33-13-7-8-21-38-33/h1-19,21,23,35,42H,20,22,24-27H2,(H,39,43). The number of hydrogen-bond donors (Lipinski definition) is 2. The van der Waals surface area contributed by atoms with Crippen molar-refractivity contribution in [1.29, 1.82) is 0 Å². The highest BCUT2D eigenvalue weighted by Gasteiger charge is 2.21. The Kier molecular flexibility index (Phi) is 11.2. The molecule has 4 aromatic carbocycles. The van der Waals surface area contributed by atoms with Crippen molar-refractivity contribution in [3.63, 3.8) is 0 Å². The van der Waals surface area contributed by atoms with E-state index in [-0.39, 0.29) is 36.9 Å². The van der Waals surface area contributed by atoms with E-state index in [0.29, 0.717) is 36.5 Å². The highest BCUT2D eigenvalue weighted by Crippen LogP contribution is 2.31. The third kappa shape index (κ3) is 9.56. The Labute approximate surface area is 268 Å². The SMILES string of the molecule is O=C(Cc1ccccn1)Nc1ccc(CCN(Cc2ccccc2)CC(O)c2ccc(OCc3ccccc3)c([N+](=O)[O-])c2)cc1. The predicted octanol–water partition coefficient (Wildman–Crippen LogP) is 6.53. The number of ether oxygens (including phenoxy) is 1. The van der Waals surface area contributed by atoms with Crippen LogP contribution in [0.15, 0.2) is 128 Å². The number of aliphatic hydroxyl groups is 1. The maximum atomic E-state index is 12.4. The monoisotopic (exact) mass is 616 g/mol. The molecule has 5 aromatic rings. The number of amides is 1. The van der Waals surface area contributed by atoms with Gasteiger partial charge in [0, 0.05) is 43.3 Å². The van der Waals surface area contributed by atoms with Gasteiger partial charge >= 0.3 is 5.69 Å². The number of pyridine rings is 1. The lowest BCUT2D eigenvalue weighted by atomic mass is 10.1. The summed E-state index contributed by atoms with van der Waals surface area (Å²) in [6.07, 6.45) is 1.61. The van der Waals surface area contributed by atoms with Gasteiger partial charge in [-0.3, -0.25) is 24.8 Å². The van der Waals surface area contributed by atoms with Gasteiger partial charge in [0.25, 0.3) is 0 Å². The maximum absolute atomic E-state index is 12.4. The minimum absolute atomic E-state index is 0.134. The number of nitro groups is 1. The fraction of sp³-hybridized carbons (Fsp3) is 0.189. The van der Waals surface area contributed by atoms with Crippen molar-refractivity contribution in [2.75, 3.05) is 18.4 Å². The number of nitrogens with one attached hydrogen (secondary N) is 1. The Morgan fingerprint density at radius 3 is 2.24 bits per heavy atom. The van der Waals surface area contributed by atoms with E-state index in [0.717, 1.165) is 16.7 Å². The van der Waals surface area contributed by atoms with Crippen LogP contribution in [0.4, 0.5) is 11.4 Å². The lowest BCUT2D eigenvalue weighted by Crippen LogP contribution is -2.30. The molecular weight excluding hydrogens is 580 g/mol. The van der Waals surface area contributed by atoms with Crippen LogP contribution in [0.3, 0.4) is 0 Å². The topological polar surface area (TPSA) is 118 Å². The molecule has 0 bridgehead atoms. The summed E-state index contributed by atoms with van der Waals surface area (Å²) < 4.78 is 5.76. The van der Waals surface area contributed by atoms with Gasteiger partial charge in [0.2, 0.25) is 5.91 Å². The number of benzene rings is 4. The maximum Gasteiger partial charge on any atom is 0.311 e. The molecule has 5 rings (SSSR count). The summed E-state index contributed by atoms with van der Waals surface area (Å²) in [5.41, 5.74) is 4.75. The number of nitro benzene ring substituents is 1. The van der Waals surface area contributed by atoms with Gasteiger partial charge in [-0.2, -0.15) is 0 Å². The predicted molar refractivity (Wildman–Crippen MR) is 177 cm³/mol. The zero-order valence-corrected chi connectivity index (χ0v) is 25.4. The molecule has 0 aliphatic heterocycles. The minimum atomic E-state index is -0.956. The van der Waals surface area contributed by atoms with Crippen LogP contribution in [0.25, 0.3) is 0 Å². The number of aliphatic hydroxyl groups excluding tert-OH is 1. The second-order valence-corrected chi connectivity index (χ2v) is 11.0. The summed E-state index contributed by atoms with van der Waals surface area (Å²) in [6.45, 7) is 1.71. The second kappa shape index (κ2) is 16.1. The van der Waals surface area contributed by atoms with Crippen LogP contribution in [0.5, 0.6) is 5.75 Å². The Balaban J connectivity index is 1.22. The molecule has 0 fully saturated rings. The zero-order valence-electron chi connectivity index (χ0n) is 25.4. The quantitative estimate of drug-likeness (QED) is 0.101.